The third kappa shape index (κ3) is 6.28. The molecular formula is C23H20BrN3O3. The molecule has 0 radical (unpaired) electrons. The molecule has 0 atom stereocenters. The molecule has 2 N–H and O–H groups in total. The van der Waals surface area contributed by atoms with Gasteiger partial charge in [-0.3, -0.25) is 9.59 Å². The van der Waals surface area contributed by atoms with Gasteiger partial charge < -0.3 is 10.1 Å². The highest BCUT2D eigenvalue weighted by molar-refractivity contribution is 9.10. The van der Waals surface area contributed by atoms with E-state index in [2.05, 4.69) is 31.8 Å². The normalized spacial score (nSPS) is 10.6. The van der Waals surface area contributed by atoms with E-state index < -0.39 is 11.8 Å². The van der Waals surface area contributed by atoms with E-state index in [9.17, 15) is 9.59 Å². The van der Waals surface area contributed by atoms with Gasteiger partial charge in [-0.1, -0.05) is 58.4 Å². The molecule has 0 aliphatic heterocycles. The summed E-state index contributed by atoms with van der Waals surface area (Å²) in [6.07, 6.45) is 1.43. The summed E-state index contributed by atoms with van der Waals surface area (Å²) < 4.78 is 6.70. The second-order valence-electron chi connectivity index (χ2n) is 6.48. The zero-order valence-electron chi connectivity index (χ0n) is 16.3. The predicted molar refractivity (Wildman–Crippen MR) is 120 cm³/mol. The molecular weight excluding hydrogens is 446 g/mol. The van der Waals surface area contributed by atoms with Gasteiger partial charge in [-0.2, -0.15) is 5.10 Å². The summed E-state index contributed by atoms with van der Waals surface area (Å²) in [5.74, 6) is -1.06. The van der Waals surface area contributed by atoms with Gasteiger partial charge >= 0.3 is 11.8 Å². The molecule has 0 aliphatic rings. The number of hydrogen-bond donors (Lipinski definition) is 2. The Labute approximate surface area is 183 Å². The number of carbonyl (C=O) groups is 2. The standard InChI is InChI=1S/C23H20BrN3O3/c1-16-6-5-9-20(12-16)26-22(28)23(29)27-25-14-18-13-19(24)10-11-21(18)30-15-17-7-3-2-4-8-17/h2-14H,15H2,1H3,(H,26,28)(H,27,29). The van der Waals surface area contributed by atoms with Crippen LogP contribution in [-0.2, 0) is 16.2 Å². The average Bonchev–Trinajstić information content (AvgIpc) is 2.74. The molecule has 30 heavy (non-hydrogen) atoms. The third-order valence-electron chi connectivity index (χ3n) is 4.06. The first-order chi connectivity index (χ1) is 14.5. The van der Waals surface area contributed by atoms with E-state index in [1.54, 1.807) is 24.3 Å². The van der Waals surface area contributed by atoms with Crippen molar-refractivity contribution in [2.24, 2.45) is 5.10 Å². The molecule has 6 nitrogen and oxygen atoms in total. The lowest BCUT2D eigenvalue weighted by atomic mass is 10.2. The van der Waals surface area contributed by atoms with Crippen LogP contribution in [0.2, 0.25) is 0 Å². The van der Waals surface area contributed by atoms with Crippen molar-refractivity contribution in [1.82, 2.24) is 5.43 Å². The number of nitrogens with one attached hydrogen (secondary N) is 2. The lowest BCUT2D eigenvalue weighted by Gasteiger charge is -2.09. The molecule has 0 aliphatic carbocycles. The Bertz CT molecular complexity index is 1070. The minimum absolute atomic E-state index is 0.397. The van der Waals surface area contributed by atoms with E-state index in [-0.39, 0.29) is 0 Å². The first-order valence-electron chi connectivity index (χ1n) is 9.18. The Morgan fingerprint density at radius 3 is 2.57 bits per heavy atom. The third-order valence-corrected chi connectivity index (χ3v) is 4.55. The van der Waals surface area contributed by atoms with Gasteiger partial charge in [-0.15, -0.1) is 0 Å². The number of carbonyl (C=O) groups excluding carboxylic acids is 2. The van der Waals surface area contributed by atoms with Crippen molar-refractivity contribution in [3.05, 3.63) is 94.0 Å². The molecule has 0 fully saturated rings. The van der Waals surface area contributed by atoms with Crippen molar-refractivity contribution in [3.63, 3.8) is 0 Å². The second kappa shape index (κ2) is 10.4. The van der Waals surface area contributed by atoms with E-state index in [1.165, 1.54) is 6.21 Å². The zero-order chi connectivity index (χ0) is 21.3. The van der Waals surface area contributed by atoms with Crippen LogP contribution in [0.1, 0.15) is 16.7 Å². The smallest absolute Gasteiger partial charge is 0.329 e. The quantitative estimate of drug-likeness (QED) is 0.321. The van der Waals surface area contributed by atoms with Crippen LogP contribution in [0, 0.1) is 6.92 Å². The number of benzene rings is 3. The van der Waals surface area contributed by atoms with E-state index in [1.807, 2.05) is 55.5 Å². The fraction of sp³-hybridized carbons (Fsp3) is 0.0870. The van der Waals surface area contributed by atoms with Crippen LogP contribution in [0.25, 0.3) is 0 Å². The molecule has 2 amide bonds. The lowest BCUT2D eigenvalue weighted by molar-refractivity contribution is -0.136. The average molecular weight is 466 g/mol. The van der Waals surface area contributed by atoms with Gasteiger partial charge in [0.15, 0.2) is 0 Å². The van der Waals surface area contributed by atoms with Gasteiger partial charge in [0.25, 0.3) is 0 Å². The van der Waals surface area contributed by atoms with Crippen LogP contribution in [0.15, 0.2) is 82.4 Å². The van der Waals surface area contributed by atoms with Gasteiger partial charge in [0, 0.05) is 15.7 Å². The predicted octanol–water partition coefficient (Wildman–Crippen LogP) is 4.43. The van der Waals surface area contributed by atoms with Crippen molar-refractivity contribution < 1.29 is 14.3 Å². The lowest BCUT2D eigenvalue weighted by Crippen LogP contribution is -2.32. The fourth-order valence-corrected chi connectivity index (χ4v) is 2.99. The van der Waals surface area contributed by atoms with E-state index in [4.69, 9.17) is 4.74 Å². The van der Waals surface area contributed by atoms with Crippen LogP contribution in [0.5, 0.6) is 5.75 Å². The summed E-state index contributed by atoms with van der Waals surface area (Å²) in [5.41, 5.74) is 5.44. The monoisotopic (exact) mass is 465 g/mol. The molecule has 0 saturated heterocycles. The maximum absolute atomic E-state index is 12.0. The molecule has 3 rings (SSSR count). The van der Waals surface area contributed by atoms with Crippen molar-refractivity contribution >= 4 is 39.6 Å². The Morgan fingerprint density at radius 1 is 1.00 bits per heavy atom. The highest BCUT2D eigenvalue weighted by Crippen LogP contribution is 2.22. The van der Waals surface area contributed by atoms with Gasteiger partial charge in [0.05, 0.1) is 6.21 Å². The van der Waals surface area contributed by atoms with Crippen molar-refractivity contribution in [2.45, 2.75) is 13.5 Å². The molecule has 0 unspecified atom stereocenters. The summed E-state index contributed by atoms with van der Waals surface area (Å²) in [4.78, 5) is 24.0. The summed E-state index contributed by atoms with van der Waals surface area (Å²) in [7, 11) is 0. The number of rotatable bonds is 6. The molecule has 152 valence electrons. The number of amides is 2. The molecule has 0 aromatic heterocycles. The van der Waals surface area contributed by atoms with E-state index >= 15 is 0 Å². The minimum atomic E-state index is -0.866. The van der Waals surface area contributed by atoms with Gasteiger partial charge in [0.1, 0.15) is 12.4 Å². The summed E-state index contributed by atoms with van der Waals surface area (Å²) in [5, 5.41) is 6.43. The number of hydrogen-bond acceptors (Lipinski definition) is 4. The molecule has 3 aromatic carbocycles. The largest absolute Gasteiger partial charge is 0.488 e. The summed E-state index contributed by atoms with van der Waals surface area (Å²) in [6, 6.07) is 22.4. The van der Waals surface area contributed by atoms with Crippen LogP contribution in [0.3, 0.4) is 0 Å². The fourth-order valence-electron chi connectivity index (χ4n) is 2.61. The van der Waals surface area contributed by atoms with Crippen LogP contribution in [0.4, 0.5) is 5.69 Å². The summed E-state index contributed by atoms with van der Waals surface area (Å²) >= 11 is 3.41. The topological polar surface area (TPSA) is 79.8 Å². The molecule has 0 bridgehead atoms. The Hall–Kier alpha value is -3.45. The Morgan fingerprint density at radius 2 is 1.80 bits per heavy atom. The maximum atomic E-state index is 12.0. The first-order valence-corrected chi connectivity index (χ1v) is 9.98. The van der Waals surface area contributed by atoms with Crippen molar-refractivity contribution in [2.75, 3.05) is 5.32 Å². The molecule has 0 heterocycles. The number of nitrogens with zero attached hydrogens (tertiary/aromatic N) is 1. The molecule has 0 spiro atoms. The van der Waals surface area contributed by atoms with Crippen LogP contribution < -0.4 is 15.5 Å². The minimum Gasteiger partial charge on any atom is -0.488 e. The maximum Gasteiger partial charge on any atom is 0.329 e. The highest BCUT2D eigenvalue weighted by Gasteiger charge is 2.13. The van der Waals surface area contributed by atoms with Crippen molar-refractivity contribution in [3.8, 4) is 5.75 Å². The summed E-state index contributed by atoms with van der Waals surface area (Å²) in [6.45, 7) is 2.30. The Kier molecular flexibility index (Phi) is 7.34. The first kappa shape index (κ1) is 21.3. The van der Waals surface area contributed by atoms with Crippen molar-refractivity contribution in [1.29, 1.82) is 0 Å². The SMILES string of the molecule is Cc1cccc(NC(=O)C(=O)NN=Cc2cc(Br)ccc2OCc2ccccc2)c1. The zero-order valence-corrected chi connectivity index (χ0v) is 17.8. The highest BCUT2D eigenvalue weighted by atomic mass is 79.9. The molecule has 7 heteroatoms. The van der Waals surface area contributed by atoms with Gasteiger partial charge in [0.2, 0.25) is 0 Å². The Balaban J connectivity index is 1.61. The molecule has 3 aromatic rings. The van der Waals surface area contributed by atoms with Crippen LogP contribution in [-0.4, -0.2) is 18.0 Å². The number of aryl methyl sites for hydroxylation is 1. The number of anilines is 1. The van der Waals surface area contributed by atoms with E-state index in [0.29, 0.717) is 23.6 Å². The van der Waals surface area contributed by atoms with Gasteiger partial charge in [-0.05, 0) is 48.4 Å². The van der Waals surface area contributed by atoms with Crippen LogP contribution >= 0.6 is 15.9 Å². The van der Waals surface area contributed by atoms with Gasteiger partial charge in [-0.25, -0.2) is 5.43 Å². The number of ether oxygens (including phenoxy) is 1. The number of hydrazone groups is 1. The molecule has 0 saturated carbocycles. The van der Waals surface area contributed by atoms with E-state index in [0.717, 1.165) is 15.6 Å². The second-order valence-corrected chi connectivity index (χ2v) is 7.39. The number of halogens is 1.